The van der Waals surface area contributed by atoms with E-state index < -0.39 is 0 Å². The summed E-state index contributed by atoms with van der Waals surface area (Å²) in [6, 6.07) is 25.7. The quantitative estimate of drug-likeness (QED) is 0.556. The summed E-state index contributed by atoms with van der Waals surface area (Å²) >= 11 is 0. The number of aromatic nitrogens is 2. The first-order valence-electron chi connectivity index (χ1n) is 8.21. The molecule has 0 bridgehead atoms. The molecule has 0 aliphatic rings. The lowest BCUT2D eigenvalue weighted by atomic mass is 10.2. The smallest absolute Gasteiger partial charge is 0.147 e. The molecule has 4 aromatic rings. The van der Waals surface area contributed by atoms with E-state index in [0.717, 1.165) is 33.9 Å². The van der Waals surface area contributed by atoms with Crippen LogP contribution in [0, 0.1) is 0 Å². The Balaban J connectivity index is 1.50. The molecular weight excluding hydrogens is 312 g/mol. The number of para-hydroxylation sites is 2. The van der Waals surface area contributed by atoms with E-state index in [0.29, 0.717) is 13.2 Å². The molecule has 4 rings (SSSR count). The van der Waals surface area contributed by atoms with Crippen LogP contribution in [0.2, 0.25) is 0 Å². The van der Waals surface area contributed by atoms with Gasteiger partial charge in [-0.25, -0.2) is 4.98 Å². The molecule has 0 saturated carbocycles. The summed E-state index contributed by atoms with van der Waals surface area (Å²) in [4.78, 5) is 7.92. The zero-order valence-electron chi connectivity index (χ0n) is 13.7. The number of nitrogens with zero attached hydrogens (tertiary/aromatic N) is 1. The van der Waals surface area contributed by atoms with Crippen LogP contribution in [-0.2, 0) is 13.2 Å². The molecule has 0 atom stereocenters. The van der Waals surface area contributed by atoms with E-state index in [1.807, 2.05) is 78.9 Å². The minimum atomic E-state index is 0.386. The van der Waals surface area contributed by atoms with Crippen molar-refractivity contribution in [2.45, 2.75) is 13.2 Å². The lowest BCUT2D eigenvalue weighted by Crippen LogP contribution is -1.97. The summed E-state index contributed by atoms with van der Waals surface area (Å²) in [6.45, 7) is 0.902. The van der Waals surface area contributed by atoms with Crippen LogP contribution < -0.4 is 9.47 Å². The van der Waals surface area contributed by atoms with Crippen molar-refractivity contribution < 1.29 is 9.47 Å². The first kappa shape index (κ1) is 15.3. The minimum Gasteiger partial charge on any atom is -0.487 e. The molecule has 124 valence electrons. The SMILES string of the molecule is c1ccc(COc2cccc3[nH]c(COc4ccccc4)nc23)cc1. The maximum absolute atomic E-state index is 5.96. The van der Waals surface area contributed by atoms with E-state index in [1.54, 1.807) is 0 Å². The van der Waals surface area contributed by atoms with Gasteiger partial charge < -0.3 is 14.5 Å². The van der Waals surface area contributed by atoms with Gasteiger partial charge in [0.2, 0.25) is 0 Å². The molecule has 0 aliphatic heterocycles. The fourth-order valence-corrected chi connectivity index (χ4v) is 2.65. The molecule has 25 heavy (non-hydrogen) atoms. The van der Waals surface area contributed by atoms with Crippen molar-refractivity contribution in [2.75, 3.05) is 0 Å². The number of aromatic amines is 1. The van der Waals surface area contributed by atoms with E-state index in [-0.39, 0.29) is 0 Å². The van der Waals surface area contributed by atoms with E-state index >= 15 is 0 Å². The monoisotopic (exact) mass is 330 g/mol. The van der Waals surface area contributed by atoms with Gasteiger partial charge in [-0.3, -0.25) is 0 Å². The second-order valence-corrected chi connectivity index (χ2v) is 5.71. The molecular formula is C21H18N2O2. The third-order valence-corrected chi connectivity index (χ3v) is 3.88. The second kappa shape index (κ2) is 7.09. The average Bonchev–Trinajstić information content (AvgIpc) is 3.10. The first-order valence-corrected chi connectivity index (χ1v) is 8.21. The second-order valence-electron chi connectivity index (χ2n) is 5.71. The number of hydrogen-bond donors (Lipinski definition) is 1. The third-order valence-electron chi connectivity index (χ3n) is 3.88. The van der Waals surface area contributed by atoms with Gasteiger partial charge in [-0.15, -0.1) is 0 Å². The molecule has 0 aliphatic carbocycles. The van der Waals surface area contributed by atoms with Gasteiger partial charge in [0.1, 0.15) is 36.1 Å². The molecule has 1 aromatic heterocycles. The Morgan fingerprint density at radius 2 is 1.48 bits per heavy atom. The maximum atomic E-state index is 5.96. The molecule has 1 N–H and O–H groups in total. The summed E-state index contributed by atoms with van der Waals surface area (Å²) in [7, 11) is 0. The fraction of sp³-hybridized carbons (Fsp3) is 0.0952. The van der Waals surface area contributed by atoms with E-state index in [9.17, 15) is 0 Å². The largest absolute Gasteiger partial charge is 0.487 e. The Bertz CT molecular complexity index is 949. The average molecular weight is 330 g/mol. The number of H-pyrrole nitrogens is 1. The number of rotatable bonds is 6. The van der Waals surface area contributed by atoms with Crippen molar-refractivity contribution in [2.24, 2.45) is 0 Å². The van der Waals surface area contributed by atoms with Gasteiger partial charge in [0.25, 0.3) is 0 Å². The van der Waals surface area contributed by atoms with Crippen LogP contribution in [0.5, 0.6) is 11.5 Å². The first-order chi connectivity index (χ1) is 12.4. The summed E-state index contributed by atoms with van der Waals surface area (Å²) in [6.07, 6.45) is 0. The van der Waals surface area contributed by atoms with Gasteiger partial charge in [0.15, 0.2) is 0 Å². The van der Waals surface area contributed by atoms with Crippen molar-refractivity contribution in [3.8, 4) is 11.5 Å². The Kier molecular flexibility index (Phi) is 4.33. The third kappa shape index (κ3) is 3.63. The summed E-state index contributed by atoms with van der Waals surface area (Å²) in [5.74, 6) is 2.36. The highest BCUT2D eigenvalue weighted by Crippen LogP contribution is 2.25. The van der Waals surface area contributed by atoms with Gasteiger partial charge in [-0.1, -0.05) is 54.6 Å². The molecule has 4 heteroatoms. The van der Waals surface area contributed by atoms with Crippen LogP contribution in [0.4, 0.5) is 0 Å². The van der Waals surface area contributed by atoms with Crippen molar-refractivity contribution in [1.82, 2.24) is 9.97 Å². The van der Waals surface area contributed by atoms with Gasteiger partial charge >= 0.3 is 0 Å². The van der Waals surface area contributed by atoms with Crippen LogP contribution in [0.1, 0.15) is 11.4 Å². The Hall–Kier alpha value is -3.27. The normalized spacial score (nSPS) is 10.7. The fourth-order valence-electron chi connectivity index (χ4n) is 2.65. The zero-order chi connectivity index (χ0) is 16.9. The van der Waals surface area contributed by atoms with Crippen LogP contribution in [0.15, 0.2) is 78.9 Å². The molecule has 0 fully saturated rings. The van der Waals surface area contributed by atoms with Crippen LogP contribution in [0.25, 0.3) is 11.0 Å². The summed E-state index contributed by atoms with van der Waals surface area (Å²) in [5.41, 5.74) is 2.89. The topological polar surface area (TPSA) is 47.1 Å². The van der Waals surface area contributed by atoms with Gasteiger partial charge in [-0.05, 0) is 29.8 Å². The van der Waals surface area contributed by atoms with Crippen LogP contribution in [0.3, 0.4) is 0 Å². The number of fused-ring (bicyclic) bond motifs is 1. The molecule has 0 amide bonds. The maximum Gasteiger partial charge on any atom is 0.147 e. The highest BCUT2D eigenvalue weighted by atomic mass is 16.5. The molecule has 0 radical (unpaired) electrons. The zero-order valence-corrected chi connectivity index (χ0v) is 13.7. The van der Waals surface area contributed by atoms with Crippen molar-refractivity contribution in [1.29, 1.82) is 0 Å². The van der Waals surface area contributed by atoms with Crippen LogP contribution in [-0.4, -0.2) is 9.97 Å². The summed E-state index contributed by atoms with van der Waals surface area (Å²) in [5, 5.41) is 0. The lowest BCUT2D eigenvalue weighted by molar-refractivity contribution is 0.297. The molecule has 4 nitrogen and oxygen atoms in total. The lowest BCUT2D eigenvalue weighted by Gasteiger charge is -2.06. The van der Waals surface area contributed by atoms with Gasteiger partial charge in [-0.2, -0.15) is 0 Å². The molecule has 0 unspecified atom stereocenters. The summed E-state index contributed by atoms with van der Waals surface area (Å²) < 4.78 is 11.7. The van der Waals surface area contributed by atoms with E-state index in [2.05, 4.69) is 9.97 Å². The highest BCUT2D eigenvalue weighted by Gasteiger charge is 2.09. The molecule has 0 spiro atoms. The van der Waals surface area contributed by atoms with Crippen molar-refractivity contribution >= 4 is 11.0 Å². The predicted octanol–water partition coefficient (Wildman–Crippen LogP) is 4.72. The Morgan fingerprint density at radius 1 is 0.720 bits per heavy atom. The number of imidazole rings is 1. The number of hydrogen-bond acceptors (Lipinski definition) is 3. The van der Waals surface area contributed by atoms with Crippen molar-refractivity contribution in [3.05, 3.63) is 90.3 Å². The standard InChI is InChI=1S/C21H18N2O2/c1-3-8-16(9-4-1)14-25-19-13-7-12-18-21(19)23-20(22-18)15-24-17-10-5-2-6-11-17/h1-13H,14-15H2,(H,22,23). The Morgan fingerprint density at radius 3 is 2.28 bits per heavy atom. The van der Waals surface area contributed by atoms with Gasteiger partial charge in [0, 0.05) is 0 Å². The van der Waals surface area contributed by atoms with Gasteiger partial charge in [0.05, 0.1) is 5.52 Å². The number of nitrogens with one attached hydrogen (secondary N) is 1. The minimum absolute atomic E-state index is 0.386. The van der Waals surface area contributed by atoms with E-state index in [4.69, 9.17) is 9.47 Å². The van der Waals surface area contributed by atoms with Crippen molar-refractivity contribution in [3.63, 3.8) is 0 Å². The Labute approximate surface area is 146 Å². The molecule has 1 heterocycles. The van der Waals surface area contributed by atoms with E-state index in [1.165, 1.54) is 0 Å². The number of benzene rings is 3. The number of ether oxygens (including phenoxy) is 2. The predicted molar refractivity (Wildman–Crippen MR) is 97.6 cm³/mol. The molecule has 3 aromatic carbocycles. The van der Waals surface area contributed by atoms with Crippen LogP contribution >= 0.6 is 0 Å². The molecule has 0 saturated heterocycles. The highest BCUT2D eigenvalue weighted by molar-refractivity contribution is 5.81.